The van der Waals surface area contributed by atoms with Gasteiger partial charge in [-0.1, -0.05) is 0 Å². The number of nitrogens with two attached hydrogens (primary N) is 1. The van der Waals surface area contributed by atoms with Gasteiger partial charge in [-0.15, -0.1) is 11.3 Å². The number of nitrogens with zero attached hydrogens (tertiary/aromatic N) is 1. The van der Waals surface area contributed by atoms with Gasteiger partial charge in [0, 0.05) is 24.2 Å². The SMILES string of the molecule is Cc1cnc(C(C)NCCN)s1. The molecule has 1 unspecified atom stereocenters. The molecule has 3 nitrogen and oxygen atoms in total. The third-order valence-electron chi connectivity index (χ3n) is 1.60. The van der Waals surface area contributed by atoms with Gasteiger partial charge >= 0.3 is 0 Å². The summed E-state index contributed by atoms with van der Waals surface area (Å²) in [6.45, 7) is 5.69. The molecule has 4 heteroatoms. The third kappa shape index (κ3) is 2.55. The number of aromatic nitrogens is 1. The molecule has 1 atom stereocenters. The van der Waals surface area contributed by atoms with E-state index in [1.807, 2.05) is 6.20 Å². The quantitative estimate of drug-likeness (QED) is 0.737. The summed E-state index contributed by atoms with van der Waals surface area (Å²) in [4.78, 5) is 5.54. The number of aryl methyl sites for hydroxylation is 1. The van der Waals surface area contributed by atoms with Crippen molar-refractivity contribution in [1.29, 1.82) is 0 Å². The van der Waals surface area contributed by atoms with E-state index in [1.54, 1.807) is 11.3 Å². The van der Waals surface area contributed by atoms with Crippen LogP contribution in [0.1, 0.15) is 22.9 Å². The zero-order valence-electron chi connectivity index (χ0n) is 7.50. The Labute approximate surface area is 77.0 Å². The normalized spacial score (nSPS) is 13.2. The summed E-state index contributed by atoms with van der Waals surface area (Å²) < 4.78 is 0. The molecule has 0 aromatic carbocycles. The second-order valence-corrected chi connectivity index (χ2v) is 4.04. The minimum absolute atomic E-state index is 0.326. The molecule has 0 aliphatic carbocycles. The average Bonchev–Trinajstić information content (AvgIpc) is 2.47. The summed E-state index contributed by atoms with van der Waals surface area (Å²) in [5, 5.41) is 4.42. The van der Waals surface area contributed by atoms with Gasteiger partial charge in [0.2, 0.25) is 0 Å². The summed E-state index contributed by atoms with van der Waals surface area (Å²) in [6.07, 6.45) is 1.90. The number of rotatable bonds is 4. The molecule has 0 aliphatic heterocycles. The van der Waals surface area contributed by atoms with Crippen LogP contribution in [0.15, 0.2) is 6.20 Å². The van der Waals surface area contributed by atoms with E-state index in [1.165, 1.54) is 4.88 Å². The number of hydrogen-bond acceptors (Lipinski definition) is 4. The van der Waals surface area contributed by atoms with Crippen LogP contribution >= 0.6 is 11.3 Å². The Morgan fingerprint density at radius 3 is 3.00 bits per heavy atom. The predicted molar refractivity (Wildman–Crippen MR) is 52.3 cm³/mol. The highest BCUT2D eigenvalue weighted by atomic mass is 32.1. The van der Waals surface area contributed by atoms with Crippen LogP contribution < -0.4 is 11.1 Å². The second-order valence-electron chi connectivity index (χ2n) is 2.77. The molecule has 1 aromatic rings. The third-order valence-corrected chi connectivity index (χ3v) is 2.70. The summed E-state index contributed by atoms with van der Waals surface area (Å²) in [5.74, 6) is 0. The summed E-state index contributed by atoms with van der Waals surface area (Å²) in [6, 6.07) is 0.326. The van der Waals surface area contributed by atoms with Crippen LogP contribution in [0.4, 0.5) is 0 Å². The first-order valence-electron chi connectivity index (χ1n) is 4.10. The summed E-state index contributed by atoms with van der Waals surface area (Å²) in [7, 11) is 0. The Morgan fingerprint density at radius 2 is 2.50 bits per heavy atom. The monoisotopic (exact) mass is 185 g/mol. The van der Waals surface area contributed by atoms with Crippen LogP contribution in [0.2, 0.25) is 0 Å². The molecule has 0 spiro atoms. The first-order valence-corrected chi connectivity index (χ1v) is 4.91. The van der Waals surface area contributed by atoms with Gasteiger partial charge in [-0.05, 0) is 13.8 Å². The molecule has 0 saturated carbocycles. The van der Waals surface area contributed by atoms with Crippen LogP contribution in [0.3, 0.4) is 0 Å². The van der Waals surface area contributed by atoms with Crippen LogP contribution in [0, 0.1) is 6.92 Å². The number of nitrogens with one attached hydrogen (secondary N) is 1. The van der Waals surface area contributed by atoms with Crippen LogP contribution in [0.25, 0.3) is 0 Å². The number of thiazole rings is 1. The van der Waals surface area contributed by atoms with Crippen molar-refractivity contribution in [1.82, 2.24) is 10.3 Å². The predicted octanol–water partition coefficient (Wildman–Crippen LogP) is 1.06. The Morgan fingerprint density at radius 1 is 1.75 bits per heavy atom. The van der Waals surface area contributed by atoms with E-state index >= 15 is 0 Å². The van der Waals surface area contributed by atoms with Crippen molar-refractivity contribution in [2.24, 2.45) is 5.73 Å². The standard InChI is InChI=1S/C8H15N3S/c1-6-5-11-8(12-6)7(2)10-4-3-9/h5,7,10H,3-4,9H2,1-2H3. The Kier molecular flexibility index (Phi) is 3.65. The zero-order chi connectivity index (χ0) is 8.97. The molecule has 0 amide bonds. The Balaban J connectivity index is 2.47. The van der Waals surface area contributed by atoms with E-state index in [0.717, 1.165) is 11.6 Å². The highest BCUT2D eigenvalue weighted by molar-refractivity contribution is 7.11. The van der Waals surface area contributed by atoms with E-state index in [9.17, 15) is 0 Å². The van der Waals surface area contributed by atoms with Crippen molar-refractivity contribution in [2.75, 3.05) is 13.1 Å². The lowest BCUT2D eigenvalue weighted by Crippen LogP contribution is -2.25. The van der Waals surface area contributed by atoms with E-state index in [0.29, 0.717) is 12.6 Å². The largest absolute Gasteiger partial charge is 0.329 e. The molecule has 0 aliphatic rings. The fourth-order valence-electron chi connectivity index (χ4n) is 0.960. The van der Waals surface area contributed by atoms with Gasteiger partial charge < -0.3 is 11.1 Å². The molecule has 1 aromatic heterocycles. The van der Waals surface area contributed by atoms with Crippen LogP contribution in [0.5, 0.6) is 0 Å². The fourth-order valence-corrected chi connectivity index (χ4v) is 1.76. The van der Waals surface area contributed by atoms with Gasteiger partial charge in [0.15, 0.2) is 0 Å². The average molecular weight is 185 g/mol. The summed E-state index contributed by atoms with van der Waals surface area (Å²) in [5.41, 5.74) is 5.38. The van der Waals surface area contributed by atoms with Crippen molar-refractivity contribution in [3.8, 4) is 0 Å². The van der Waals surface area contributed by atoms with Gasteiger partial charge in [0.05, 0.1) is 6.04 Å². The first-order chi connectivity index (χ1) is 5.74. The van der Waals surface area contributed by atoms with Gasteiger partial charge in [0.25, 0.3) is 0 Å². The molecule has 0 bridgehead atoms. The molecular formula is C8H15N3S. The Bertz CT molecular complexity index is 234. The zero-order valence-corrected chi connectivity index (χ0v) is 8.32. The number of hydrogen-bond donors (Lipinski definition) is 2. The minimum atomic E-state index is 0.326. The fraction of sp³-hybridized carbons (Fsp3) is 0.625. The van der Waals surface area contributed by atoms with E-state index in [-0.39, 0.29) is 0 Å². The highest BCUT2D eigenvalue weighted by Crippen LogP contribution is 2.18. The molecule has 0 saturated heterocycles. The molecule has 68 valence electrons. The maximum Gasteiger partial charge on any atom is 0.109 e. The molecular weight excluding hydrogens is 170 g/mol. The molecule has 1 heterocycles. The van der Waals surface area contributed by atoms with Crippen molar-refractivity contribution in [2.45, 2.75) is 19.9 Å². The van der Waals surface area contributed by atoms with Crippen LogP contribution in [-0.2, 0) is 0 Å². The lowest BCUT2D eigenvalue weighted by Gasteiger charge is -2.08. The topological polar surface area (TPSA) is 50.9 Å². The minimum Gasteiger partial charge on any atom is -0.329 e. The molecule has 1 rings (SSSR count). The lowest BCUT2D eigenvalue weighted by molar-refractivity contribution is 0.579. The Hall–Kier alpha value is -0.450. The first kappa shape index (κ1) is 9.64. The smallest absolute Gasteiger partial charge is 0.109 e. The molecule has 0 radical (unpaired) electrons. The van der Waals surface area contributed by atoms with Crippen molar-refractivity contribution < 1.29 is 0 Å². The maximum atomic E-state index is 5.38. The summed E-state index contributed by atoms with van der Waals surface area (Å²) >= 11 is 1.73. The van der Waals surface area contributed by atoms with Crippen molar-refractivity contribution >= 4 is 11.3 Å². The van der Waals surface area contributed by atoms with E-state index in [4.69, 9.17) is 5.73 Å². The molecule has 3 N–H and O–H groups in total. The van der Waals surface area contributed by atoms with E-state index in [2.05, 4.69) is 24.1 Å². The molecule has 12 heavy (non-hydrogen) atoms. The second kappa shape index (κ2) is 4.54. The van der Waals surface area contributed by atoms with E-state index < -0.39 is 0 Å². The maximum absolute atomic E-state index is 5.38. The van der Waals surface area contributed by atoms with Crippen molar-refractivity contribution in [3.63, 3.8) is 0 Å². The van der Waals surface area contributed by atoms with Crippen LogP contribution in [-0.4, -0.2) is 18.1 Å². The van der Waals surface area contributed by atoms with Gasteiger partial charge in [-0.25, -0.2) is 4.98 Å². The highest BCUT2D eigenvalue weighted by Gasteiger charge is 2.06. The lowest BCUT2D eigenvalue weighted by atomic mass is 10.3. The van der Waals surface area contributed by atoms with Gasteiger partial charge in [-0.3, -0.25) is 0 Å². The van der Waals surface area contributed by atoms with Crippen molar-refractivity contribution in [3.05, 3.63) is 16.1 Å². The molecule has 0 fully saturated rings. The van der Waals surface area contributed by atoms with Gasteiger partial charge in [-0.2, -0.15) is 0 Å². The van der Waals surface area contributed by atoms with Gasteiger partial charge in [0.1, 0.15) is 5.01 Å².